The molecule has 1 heterocycles. The van der Waals surface area contributed by atoms with Crippen LogP contribution in [0.5, 0.6) is 0 Å². The van der Waals surface area contributed by atoms with Crippen LogP contribution in [0.4, 0.5) is 11.4 Å². The lowest BCUT2D eigenvalue weighted by Crippen LogP contribution is -2.38. The first-order valence-corrected chi connectivity index (χ1v) is 10.3. The third kappa shape index (κ3) is 6.61. The maximum Gasteiger partial charge on any atom is 0.225 e. The number of carbonyl (C=O) groups excluding carboxylic acids is 2. The van der Waals surface area contributed by atoms with Crippen LogP contribution in [-0.4, -0.2) is 36.4 Å². The van der Waals surface area contributed by atoms with Gasteiger partial charge in [0, 0.05) is 42.6 Å². The lowest BCUT2D eigenvalue weighted by Gasteiger charge is -2.32. The van der Waals surface area contributed by atoms with Crippen molar-refractivity contribution in [1.29, 1.82) is 0 Å². The summed E-state index contributed by atoms with van der Waals surface area (Å²) >= 11 is 1.84. The highest BCUT2D eigenvalue weighted by molar-refractivity contribution is 7.99. The zero-order valence-electron chi connectivity index (χ0n) is 15.0. The Hall–Kier alpha value is -1.69. The second-order valence-corrected chi connectivity index (χ2v) is 7.70. The molecule has 25 heavy (non-hydrogen) atoms. The van der Waals surface area contributed by atoms with Crippen LogP contribution in [-0.2, 0) is 9.59 Å². The van der Waals surface area contributed by atoms with Crippen LogP contribution in [0.2, 0.25) is 0 Å². The highest BCUT2D eigenvalue weighted by atomic mass is 32.2. The van der Waals surface area contributed by atoms with Crippen molar-refractivity contribution < 1.29 is 9.59 Å². The van der Waals surface area contributed by atoms with Gasteiger partial charge in [-0.3, -0.25) is 9.59 Å². The number of nitrogens with two attached hydrogens (primary N) is 1. The molecule has 1 aromatic rings. The number of anilines is 2. The summed E-state index contributed by atoms with van der Waals surface area (Å²) in [7, 11) is 0. The summed E-state index contributed by atoms with van der Waals surface area (Å²) < 4.78 is 0. The second-order valence-electron chi connectivity index (χ2n) is 6.47. The van der Waals surface area contributed by atoms with Gasteiger partial charge in [-0.2, -0.15) is 11.8 Å². The van der Waals surface area contributed by atoms with E-state index in [4.69, 9.17) is 5.73 Å². The summed E-state index contributed by atoms with van der Waals surface area (Å²) in [6, 6.07) is 7.93. The molecule has 2 amide bonds. The number of amides is 2. The molecule has 1 aliphatic rings. The molecule has 1 aliphatic heterocycles. The molecule has 0 saturated carbocycles. The molecule has 1 aromatic carbocycles. The standard InChI is InChI=1S/C19H29N3O2S/c1-2-3-13-25-14-10-18(23)21-16-4-6-17(7-5-16)22-11-8-15(9-12-22)19(20)24/h4-7,15H,2-3,8-14H2,1H3,(H2,20,24)(H,21,23). The molecule has 1 fully saturated rings. The van der Waals surface area contributed by atoms with Crippen molar-refractivity contribution in [3.05, 3.63) is 24.3 Å². The number of primary amides is 1. The van der Waals surface area contributed by atoms with Gasteiger partial charge in [-0.15, -0.1) is 0 Å². The maximum absolute atomic E-state index is 12.0. The Bertz CT molecular complexity index is 554. The fraction of sp³-hybridized carbons (Fsp3) is 0.579. The van der Waals surface area contributed by atoms with E-state index >= 15 is 0 Å². The average Bonchev–Trinajstić information content (AvgIpc) is 2.62. The van der Waals surface area contributed by atoms with Crippen LogP contribution >= 0.6 is 11.8 Å². The van der Waals surface area contributed by atoms with Crippen molar-refractivity contribution in [3.63, 3.8) is 0 Å². The Morgan fingerprint density at radius 2 is 1.88 bits per heavy atom. The average molecular weight is 364 g/mol. The number of hydrogen-bond donors (Lipinski definition) is 2. The number of unbranched alkanes of at least 4 members (excludes halogenated alkanes) is 1. The van der Waals surface area contributed by atoms with Crippen LogP contribution in [0.25, 0.3) is 0 Å². The lowest BCUT2D eigenvalue weighted by molar-refractivity contribution is -0.122. The summed E-state index contributed by atoms with van der Waals surface area (Å²) in [5.74, 6) is 1.89. The molecule has 0 spiro atoms. The van der Waals surface area contributed by atoms with Crippen LogP contribution in [0.3, 0.4) is 0 Å². The SMILES string of the molecule is CCCCSCCC(=O)Nc1ccc(N2CCC(C(N)=O)CC2)cc1. The maximum atomic E-state index is 12.0. The zero-order chi connectivity index (χ0) is 18.1. The van der Waals surface area contributed by atoms with E-state index in [1.807, 2.05) is 36.0 Å². The van der Waals surface area contributed by atoms with Crippen LogP contribution in [0.1, 0.15) is 39.0 Å². The van der Waals surface area contributed by atoms with Gasteiger partial charge in [-0.1, -0.05) is 13.3 Å². The van der Waals surface area contributed by atoms with E-state index in [-0.39, 0.29) is 17.7 Å². The minimum atomic E-state index is -0.189. The van der Waals surface area contributed by atoms with E-state index in [1.165, 1.54) is 12.8 Å². The Kier molecular flexibility index (Phi) is 8.12. The number of hydrogen-bond acceptors (Lipinski definition) is 4. The molecule has 0 unspecified atom stereocenters. The van der Waals surface area contributed by atoms with Crippen molar-refractivity contribution in [2.24, 2.45) is 11.7 Å². The fourth-order valence-electron chi connectivity index (χ4n) is 2.91. The van der Waals surface area contributed by atoms with Crippen LogP contribution in [0.15, 0.2) is 24.3 Å². The number of thioether (sulfide) groups is 1. The Morgan fingerprint density at radius 3 is 2.48 bits per heavy atom. The van der Waals surface area contributed by atoms with E-state index in [2.05, 4.69) is 17.1 Å². The van der Waals surface area contributed by atoms with E-state index < -0.39 is 0 Å². The monoisotopic (exact) mass is 363 g/mol. The van der Waals surface area contributed by atoms with Crippen molar-refractivity contribution >= 4 is 35.0 Å². The number of carbonyl (C=O) groups is 2. The van der Waals surface area contributed by atoms with Crippen LogP contribution in [0, 0.1) is 5.92 Å². The third-order valence-corrected chi connectivity index (χ3v) is 5.60. The van der Waals surface area contributed by atoms with Crippen molar-refractivity contribution in [2.45, 2.75) is 39.0 Å². The smallest absolute Gasteiger partial charge is 0.225 e. The van der Waals surface area contributed by atoms with Gasteiger partial charge in [0.05, 0.1) is 0 Å². The van der Waals surface area contributed by atoms with E-state index in [1.54, 1.807) is 0 Å². The molecular formula is C19H29N3O2S. The number of nitrogens with zero attached hydrogens (tertiary/aromatic N) is 1. The summed E-state index contributed by atoms with van der Waals surface area (Å²) in [4.78, 5) is 25.4. The molecule has 5 nitrogen and oxygen atoms in total. The van der Waals surface area contributed by atoms with Gasteiger partial charge in [0.25, 0.3) is 0 Å². The molecule has 3 N–H and O–H groups in total. The largest absolute Gasteiger partial charge is 0.371 e. The fourth-order valence-corrected chi connectivity index (χ4v) is 3.94. The van der Waals surface area contributed by atoms with Crippen molar-refractivity contribution in [2.75, 3.05) is 34.8 Å². The number of piperidine rings is 1. The highest BCUT2D eigenvalue weighted by Gasteiger charge is 2.23. The first kappa shape index (κ1) is 19.6. The van der Waals surface area contributed by atoms with Gasteiger partial charge >= 0.3 is 0 Å². The normalized spacial score (nSPS) is 15.2. The molecule has 0 aromatic heterocycles. The number of benzene rings is 1. The molecular weight excluding hydrogens is 334 g/mol. The Balaban J connectivity index is 1.74. The summed E-state index contributed by atoms with van der Waals surface area (Å²) in [5.41, 5.74) is 7.33. The molecule has 2 rings (SSSR count). The van der Waals surface area contributed by atoms with E-state index in [0.717, 1.165) is 48.8 Å². The molecule has 0 aliphatic carbocycles. The quantitative estimate of drug-likeness (QED) is 0.661. The van der Waals surface area contributed by atoms with E-state index in [9.17, 15) is 9.59 Å². The van der Waals surface area contributed by atoms with Gasteiger partial charge in [-0.05, 0) is 49.3 Å². The molecule has 1 saturated heterocycles. The van der Waals surface area contributed by atoms with Crippen molar-refractivity contribution in [1.82, 2.24) is 0 Å². The Labute approximate surface area is 154 Å². The van der Waals surface area contributed by atoms with Gasteiger partial charge < -0.3 is 16.0 Å². The van der Waals surface area contributed by atoms with Crippen molar-refractivity contribution in [3.8, 4) is 0 Å². The molecule has 0 atom stereocenters. The first-order chi connectivity index (χ1) is 12.1. The minimum absolute atomic E-state index is 0.00464. The third-order valence-electron chi connectivity index (χ3n) is 4.53. The topological polar surface area (TPSA) is 75.4 Å². The van der Waals surface area contributed by atoms with Gasteiger partial charge in [0.1, 0.15) is 0 Å². The highest BCUT2D eigenvalue weighted by Crippen LogP contribution is 2.24. The number of nitrogens with one attached hydrogen (secondary N) is 1. The molecule has 0 bridgehead atoms. The van der Waals surface area contributed by atoms with Gasteiger partial charge in [0.15, 0.2) is 0 Å². The Morgan fingerprint density at radius 1 is 1.20 bits per heavy atom. The predicted octanol–water partition coefficient (Wildman–Crippen LogP) is 3.25. The lowest BCUT2D eigenvalue weighted by atomic mass is 9.96. The number of rotatable bonds is 9. The molecule has 6 heteroatoms. The second kappa shape index (κ2) is 10.3. The van der Waals surface area contributed by atoms with E-state index in [0.29, 0.717) is 6.42 Å². The van der Waals surface area contributed by atoms with Gasteiger partial charge in [0.2, 0.25) is 11.8 Å². The summed E-state index contributed by atoms with van der Waals surface area (Å²) in [5, 5.41) is 2.95. The minimum Gasteiger partial charge on any atom is -0.371 e. The molecule has 138 valence electrons. The predicted molar refractivity (Wildman–Crippen MR) is 106 cm³/mol. The zero-order valence-corrected chi connectivity index (χ0v) is 15.8. The molecule has 0 radical (unpaired) electrons. The first-order valence-electron chi connectivity index (χ1n) is 9.12. The van der Waals surface area contributed by atoms with Gasteiger partial charge in [-0.25, -0.2) is 0 Å². The summed E-state index contributed by atoms with van der Waals surface area (Å²) in [6.07, 6.45) is 4.58. The van der Waals surface area contributed by atoms with Crippen LogP contribution < -0.4 is 16.0 Å². The summed E-state index contributed by atoms with van der Waals surface area (Å²) in [6.45, 7) is 3.86.